The maximum Gasteiger partial charge on any atom is 0.439 e. The maximum absolute atomic E-state index is 14.0. The van der Waals surface area contributed by atoms with Gasteiger partial charge in [0.25, 0.3) is 5.56 Å². The number of ether oxygens (including phenoxy) is 1. The number of aryl methyl sites for hydroxylation is 2. The molecule has 0 aliphatic heterocycles. The zero-order valence-electron chi connectivity index (χ0n) is 22.8. The van der Waals surface area contributed by atoms with Crippen LogP contribution in [0.2, 0.25) is 0 Å². The fourth-order valence-corrected chi connectivity index (χ4v) is 4.79. The molecule has 204 valence electrons. The Morgan fingerprint density at radius 1 is 0.925 bits per heavy atom. The van der Waals surface area contributed by atoms with Gasteiger partial charge in [-0.3, -0.25) is 18.9 Å². The quantitative estimate of drug-likeness (QED) is 0.258. The second-order valence-corrected chi connectivity index (χ2v) is 9.35. The number of aromatic amines is 1. The number of rotatable bonds is 10. The summed E-state index contributed by atoms with van der Waals surface area (Å²) in [5.41, 5.74) is 5.58. The number of pyridine rings is 1. The highest BCUT2D eigenvalue weighted by atomic mass is 16.5. The zero-order chi connectivity index (χ0) is 28.1. The molecule has 0 radical (unpaired) electrons. The first-order chi connectivity index (χ1) is 19.5. The Morgan fingerprint density at radius 3 is 2.30 bits per heavy atom. The van der Waals surface area contributed by atoms with Gasteiger partial charge in [0, 0.05) is 29.8 Å². The van der Waals surface area contributed by atoms with Crippen molar-refractivity contribution in [2.75, 3.05) is 6.61 Å². The maximum atomic E-state index is 14.0. The average Bonchev–Trinajstić information content (AvgIpc) is 3.42. The lowest BCUT2D eigenvalue weighted by Crippen LogP contribution is -2.29. The SMILES string of the molecule is CCCc1nc(CC)c(-c2ccc(OCC)nc2)c(=O)n1Cc1ccc(-c2ccccc2-c2noc(=O)[nH]2)cc1. The van der Waals surface area contributed by atoms with E-state index in [1.807, 2.05) is 68.4 Å². The summed E-state index contributed by atoms with van der Waals surface area (Å²) in [5, 5.41) is 3.84. The third-order valence-electron chi connectivity index (χ3n) is 6.68. The third-order valence-corrected chi connectivity index (χ3v) is 6.68. The summed E-state index contributed by atoms with van der Waals surface area (Å²) >= 11 is 0. The van der Waals surface area contributed by atoms with Crippen molar-refractivity contribution in [3.05, 3.63) is 105 Å². The Hall–Kier alpha value is -4.79. The molecule has 5 rings (SSSR count). The Labute approximate surface area is 231 Å². The molecule has 0 amide bonds. The van der Waals surface area contributed by atoms with Crippen LogP contribution in [0.5, 0.6) is 5.88 Å². The van der Waals surface area contributed by atoms with Gasteiger partial charge in [-0.05, 0) is 42.5 Å². The summed E-state index contributed by atoms with van der Waals surface area (Å²) in [6.07, 6.45) is 3.89. The standard InChI is InChI=1S/C31H31N5O4/c1-4-9-26-33-25(5-2)28(22-16-17-27(32-18-22)39-6-3)30(37)36(26)19-20-12-14-21(15-13-20)23-10-7-8-11-24(23)29-34-31(38)40-35-29/h7-8,10-18H,4-6,9,19H2,1-3H3,(H,34,35,38). The van der Waals surface area contributed by atoms with Crippen molar-refractivity contribution < 1.29 is 9.26 Å². The molecule has 5 aromatic rings. The van der Waals surface area contributed by atoms with Crippen LogP contribution in [-0.2, 0) is 19.4 Å². The van der Waals surface area contributed by atoms with Crippen LogP contribution in [-0.4, -0.2) is 31.3 Å². The second kappa shape index (κ2) is 11.9. The minimum absolute atomic E-state index is 0.0781. The highest BCUT2D eigenvalue weighted by molar-refractivity contribution is 5.80. The Balaban J connectivity index is 1.51. The van der Waals surface area contributed by atoms with E-state index in [4.69, 9.17) is 14.2 Å². The van der Waals surface area contributed by atoms with E-state index in [2.05, 4.69) is 22.0 Å². The van der Waals surface area contributed by atoms with Gasteiger partial charge in [-0.25, -0.2) is 14.8 Å². The summed E-state index contributed by atoms with van der Waals surface area (Å²) < 4.78 is 12.0. The van der Waals surface area contributed by atoms with E-state index in [0.29, 0.717) is 43.3 Å². The molecule has 0 fully saturated rings. The van der Waals surface area contributed by atoms with E-state index in [1.165, 1.54) is 0 Å². The number of benzene rings is 2. The van der Waals surface area contributed by atoms with Crippen molar-refractivity contribution in [3.8, 4) is 39.5 Å². The first-order valence-electron chi connectivity index (χ1n) is 13.5. The number of hydrogen-bond acceptors (Lipinski definition) is 7. The van der Waals surface area contributed by atoms with E-state index in [1.54, 1.807) is 16.8 Å². The molecule has 1 N–H and O–H groups in total. The lowest BCUT2D eigenvalue weighted by molar-refractivity contribution is 0.327. The van der Waals surface area contributed by atoms with Crippen LogP contribution < -0.4 is 16.1 Å². The number of nitrogens with zero attached hydrogens (tertiary/aromatic N) is 4. The lowest BCUT2D eigenvalue weighted by Gasteiger charge is -2.17. The second-order valence-electron chi connectivity index (χ2n) is 9.35. The molecule has 0 atom stereocenters. The lowest BCUT2D eigenvalue weighted by atomic mass is 9.98. The minimum Gasteiger partial charge on any atom is -0.478 e. The van der Waals surface area contributed by atoms with Crippen LogP contribution in [0.4, 0.5) is 0 Å². The van der Waals surface area contributed by atoms with Crippen LogP contribution in [0.1, 0.15) is 44.3 Å². The zero-order valence-corrected chi connectivity index (χ0v) is 22.8. The summed E-state index contributed by atoms with van der Waals surface area (Å²) in [5.74, 6) is 1.07. The van der Waals surface area contributed by atoms with Crippen LogP contribution in [0.3, 0.4) is 0 Å². The minimum atomic E-state index is -0.600. The van der Waals surface area contributed by atoms with Crippen molar-refractivity contribution in [1.29, 1.82) is 0 Å². The third kappa shape index (κ3) is 5.49. The smallest absolute Gasteiger partial charge is 0.439 e. The summed E-state index contributed by atoms with van der Waals surface area (Å²) in [4.78, 5) is 37.4. The molecular formula is C31H31N5O4. The topological polar surface area (TPSA) is 116 Å². The van der Waals surface area contributed by atoms with Crippen molar-refractivity contribution >= 4 is 0 Å². The Kier molecular flexibility index (Phi) is 8.00. The van der Waals surface area contributed by atoms with Crippen LogP contribution in [0.25, 0.3) is 33.6 Å². The molecule has 0 saturated carbocycles. The summed E-state index contributed by atoms with van der Waals surface area (Å²) in [6.45, 7) is 6.92. The van der Waals surface area contributed by atoms with E-state index >= 15 is 0 Å². The van der Waals surface area contributed by atoms with E-state index in [9.17, 15) is 9.59 Å². The van der Waals surface area contributed by atoms with Gasteiger partial charge in [-0.2, -0.15) is 0 Å². The molecule has 0 spiro atoms. The van der Waals surface area contributed by atoms with Gasteiger partial charge in [0.1, 0.15) is 5.82 Å². The van der Waals surface area contributed by atoms with Gasteiger partial charge in [0.05, 0.1) is 24.4 Å². The van der Waals surface area contributed by atoms with Crippen LogP contribution in [0.15, 0.2) is 81.0 Å². The predicted octanol–water partition coefficient (Wildman–Crippen LogP) is 5.28. The van der Waals surface area contributed by atoms with Gasteiger partial charge < -0.3 is 4.74 Å². The highest BCUT2D eigenvalue weighted by Gasteiger charge is 2.18. The molecule has 0 unspecified atom stereocenters. The first-order valence-corrected chi connectivity index (χ1v) is 13.5. The normalized spacial score (nSPS) is 11.1. The fourth-order valence-electron chi connectivity index (χ4n) is 4.79. The highest BCUT2D eigenvalue weighted by Crippen LogP contribution is 2.30. The number of hydrogen-bond donors (Lipinski definition) is 1. The van der Waals surface area contributed by atoms with E-state index < -0.39 is 5.76 Å². The summed E-state index contributed by atoms with van der Waals surface area (Å²) in [7, 11) is 0. The molecule has 3 heterocycles. The number of H-pyrrole nitrogens is 1. The number of aromatic nitrogens is 5. The average molecular weight is 538 g/mol. The monoisotopic (exact) mass is 537 g/mol. The van der Waals surface area contributed by atoms with Gasteiger partial charge in [0.2, 0.25) is 5.88 Å². The van der Waals surface area contributed by atoms with Gasteiger partial charge in [-0.15, -0.1) is 0 Å². The predicted molar refractivity (Wildman–Crippen MR) is 153 cm³/mol. The summed E-state index contributed by atoms with van der Waals surface area (Å²) in [6, 6.07) is 19.3. The molecule has 0 aliphatic carbocycles. The van der Waals surface area contributed by atoms with Crippen molar-refractivity contribution in [1.82, 2.24) is 24.7 Å². The molecular weight excluding hydrogens is 506 g/mol. The van der Waals surface area contributed by atoms with Gasteiger partial charge in [-0.1, -0.05) is 67.5 Å². The molecule has 9 nitrogen and oxygen atoms in total. The fraction of sp³-hybridized carbons (Fsp3) is 0.258. The first kappa shape index (κ1) is 26.8. The van der Waals surface area contributed by atoms with Crippen molar-refractivity contribution in [3.63, 3.8) is 0 Å². The molecule has 2 aromatic carbocycles. The molecule has 3 aromatic heterocycles. The number of nitrogens with one attached hydrogen (secondary N) is 1. The largest absolute Gasteiger partial charge is 0.478 e. The van der Waals surface area contributed by atoms with Gasteiger partial charge in [0.15, 0.2) is 5.82 Å². The van der Waals surface area contributed by atoms with Crippen LogP contribution in [0, 0.1) is 0 Å². The van der Waals surface area contributed by atoms with Gasteiger partial charge >= 0.3 is 5.76 Å². The molecule has 9 heteroatoms. The van der Waals surface area contributed by atoms with E-state index in [0.717, 1.165) is 45.8 Å². The van der Waals surface area contributed by atoms with Crippen LogP contribution >= 0.6 is 0 Å². The Bertz CT molecular complexity index is 1720. The molecule has 0 saturated heterocycles. The molecule has 40 heavy (non-hydrogen) atoms. The van der Waals surface area contributed by atoms with Crippen molar-refractivity contribution in [2.45, 2.75) is 46.6 Å². The Morgan fingerprint density at radius 2 is 1.68 bits per heavy atom. The molecule has 0 bridgehead atoms. The van der Waals surface area contributed by atoms with E-state index in [-0.39, 0.29) is 5.56 Å². The van der Waals surface area contributed by atoms with Crippen molar-refractivity contribution in [2.24, 2.45) is 0 Å². The molecule has 0 aliphatic rings.